The predicted molar refractivity (Wildman–Crippen MR) is 108 cm³/mol. The van der Waals surface area contributed by atoms with Crippen LogP contribution in [-0.4, -0.2) is 51.9 Å². The maximum Gasteiger partial charge on any atom is 0.243 e. The summed E-state index contributed by atoms with van der Waals surface area (Å²) in [6, 6.07) is 2.04. The first-order chi connectivity index (χ1) is 12.7. The first-order valence-electron chi connectivity index (χ1n) is 9.70. The lowest BCUT2D eigenvalue weighted by atomic mass is 9.97. The second-order valence-electron chi connectivity index (χ2n) is 7.52. The van der Waals surface area contributed by atoms with Crippen LogP contribution in [0.25, 0.3) is 0 Å². The van der Waals surface area contributed by atoms with Crippen LogP contribution in [0.1, 0.15) is 41.5 Å². The quantitative estimate of drug-likeness (QED) is 0.693. The van der Waals surface area contributed by atoms with Crippen molar-refractivity contribution in [3.8, 4) is 0 Å². The first-order valence-corrected chi connectivity index (χ1v) is 11.1. The van der Waals surface area contributed by atoms with Crippen LogP contribution < -0.4 is 10.6 Å². The number of aryl methyl sites for hydroxylation is 2. The third-order valence-electron chi connectivity index (χ3n) is 5.62. The predicted octanol–water partition coefficient (Wildman–Crippen LogP) is 2.05. The molecule has 0 bridgehead atoms. The van der Waals surface area contributed by atoms with Gasteiger partial charge in [-0.1, -0.05) is 6.07 Å². The number of rotatable bonds is 7. The molecule has 152 valence electrons. The molecule has 6 nitrogen and oxygen atoms in total. The largest absolute Gasteiger partial charge is 0.356 e. The van der Waals surface area contributed by atoms with Gasteiger partial charge in [-0.3, -0.25) is 4.79 Å². The Balaban J connectivity index is 2.07. The van der Waals surface area contributed by atoms with Gasteiger partial charge in [0, 0.05) is 25.6 Å². The maximum absolute atomic E-state index is 13.3. The van der Waals surface area contributed by atoms with Gasteiger partial charge in [-0.05, 0) is 82.8 Å². The van der Waals surface area contributed by atoms with Crippen molar-refractivity contribution in [2.24, 2.45) is 5.92 Å². The Morgan fingerprint density at radius 1 is 1.07 bits per heavy atom. The fourth-order valence-corrected chi connectivity index (χ4v) is 5.72. The average Bonchev–Trinajstić information content (AvgIpc) is 2.63. The topological polar surface area (TPSA) is 78.5 Å². The van der Waals surface area contributed by atoms with E-state index in [1.54, 1.807) is 4.31 Å². The zero-order valence-corrected chi connectivity index (χ0v) is 18.0. The molecule has 1 amide bonds. The number of hydrogen-bond acceptors (Lipinski definition) is 4. The van der Waals surface area contributed by atoms with Gasteiger partial charge in [0.15, 0.2) is 0 Å². The molecule has 1 heterocycles. The molecule has 0 unspecified atom stereocenters. The maximum atomic E-state index is 13.3. The Morgan fingerprint density at radius 3 is 2.15 bits per heavy atom. The number of benzene rings is 1. The highest BCUT2D eigenvalue weighted by Gasteiger charge is 2.34. The van der Waals surface area contributed by atoms with Crippen molar-refractivity contribution >= 4 is 15.9 Å². The van der Waals surface area contributed by atoms with Crippen LogP contribution in [0.15, 0.2) is 11.0 Å². The van der Waals surface area contributed by atoms with Gasteiger partial charge in [0.1, 0.15) is 0 Å². The van der Waals surface area contributed by atoms with E-state index in [0.29, 0.717) is 37.4 Å². The Kier molecular flexibility index (Phi) is 7.42. The van der Waals surface area contributed by atoms with Crippen LogP contribution in [0.3, 0.4) is 0 Å². The molecule has 1 aromatic rings. The minimum atomic E-state index is -3.55. The van der Waals surface area contributed by atoms with Crippen LogP contribution in [0.2, 0.25) is 0 Å². The van der Waals surface area contributed by atoms with Gasteiger partial charge in [0.2, 0.25) is 15.9 Å². The summed E-state index contributed by atoms with van der Waals surface area (Å²) in [7, 11) is -1.66. The molecule has 1 aromatic carbocycles. The lowest BCUT2D eigenvalue weighted by Gasteiger charge is -2.31. The van der Waals surface area contributed by atoms with E-state index < -0.39 is 10.0 Å². The van der Waals surface area contributed by atoms with Crippen LogP contribution >= 0.6 is 0 Å². The SMILES string of the molecule is CNCCCNC(=O)C1CCN(S(=O)(=O)c2c(C)c(C)cc(C)c2C)CC1. The highest BCUT2D eigenvalue weighted by Crippen LogP contribution is 2.31. The van der Waals surface area contributed by atoms with E-state index in [1.165, 1.54) is 0 Å². The molecule has 2 rings (SSSR count). The number of carbonyl (C=O) groups is 1. The number of sulfonamides is 1. The molecule has 0 radical (unpaired) electrons. The Morgan fingerprint density at radius 2 is 1.63 bits per heavy atom. The van der Waals surface area contributed by atoms with Crippen molar-refractivity contribution < 1.29 is 13.2 Å². The summed E-state index contributed by atoms with van der Waals surface area (Å²) < 4.78 is 28.1. The van der Waals surface area contributed by atoms with E-state index in [0.717, 1.165) is 35.2 Å². The minimum Gasteiger partial charge on any atom is -0.356 e. The zero-order valence-electron chi connectivity index (χ0n) is 17.2. The van der Waals surface area contributed by atoms with Gasteiger partial charge in [-0.25, -0.2) is 8.42 Å². The Labute approximate surface area is 163 Å². The van der Waals surface area contributed by atoms with E-state index in [-0.39, 0.29) is 11.8 Å². The summed E-state index contributed by atoms with van der Waals surface area (Å²) in [5.74, 6) is -0.0608. The smallest absolute Gasteiger partial charge is 0.243 e. The highest BCUT2D eigenvalue weighted by molar-refractivity contribution is 7.89. The molecule has 0 spiro atoms. The molecular formula is C20H33N3O3S. The molecule has 27 heavy (non-hydrogen) atoms. The number of carbonyl (C=O) groups excluding carboxylic acids is 1. The van der Waals surface area contributed by atoms with Gasteiger partial charge in [0.25, 0.3) is 0 Å². The van der Waals surface area contributed by atoms with E-state index in [2.05, 4.69) is 10.6 Å². The number of nitrogens with one attached hydrogen (secondary N) is 2. The third-order valence-corrected chi connectivity index (χ3v) is 7.80. The van der Waals surface area contributed by atoms with Crippen LogP contribution in [-0.2, 0) is 14.8 Å². The van der Waals surface area contributed by atoms with Crippen molar-refractivity contribution in [2.75, 3.05) is 33.2 Å². The minimum absolute atomic E-state index is 0.0434. The lowest BCUT2D eigenvalue weighted by molar-refractivity contribution is -0.126. The molecule has 0 atom stereocenters. The fourth-order valence-electron chi connectivity index (χ4n) is 3.68. The average molecular weight is 396 g/mol. The first kappa shape index (κ1) is 21.9. The van der Waals surface area contributed by atoms with Crippen molar-refractivity contribution in [1.82, 2.24) is 14.9 Å². The van der Waals surface area contributed by atoms with Crippen molar-refractivity contribution in [3.05, 3.63) is 28.3 Å². The van der Waals surface area contributed by atoms with Gasteiger partial charge in [-0.2, -0.15) is 4.31 Å². The normalized spacial score (nSPS) is 16.5. The van der Waals surface area contributed by atoms with Gasteiger partial charge in [0.05, 0.1) is 4.90 Å². The monoisotopic (exact) mass is 395 g/mol. The van der Waals surface area contributed by atoms with Crippen molar-refractivity contribution in [3.63, 3.8) is 0 Å². The van der Waals surface area contributed by atoms with Gasteiger partial charge >= 0.3 is 0 Å². The number of nitrogens with zero attached hydrogens (tertiary/aromatic N) is 1. The molecule has 1 aliphatic rings. The molecule has 1 aliphatic heterocycles. The number of hydrogen-bond donors (Lipinski definition) is 2. The van der Waals surface area contributed by atoms with E-state index >= 15 is 0 Å². The second-order valence-corrected chi connectivity index (χ2v) is 9.39. The Hall–Kier alpha value is -1.44. The number of amides is 1. The van der Waals surface area contributed by atoms with Crippen LogP contribution in [0.5, 0.6) is 0 Å². The summed E-state index contributed by atoms with van der Waals surface area (Å²) in [6.07, 6.45) is 2.03. The van der Waals surface area contributed by atoms with Crippen molar-refractivity contribution in [1.29, 1.82) is 0 Å². The molecule has 0 saturated carbocycles. The molecule has 1 fully saturated rings. The molecule has 0 aromatic heterocycles. The third kappa shape index (κ3) is 4.89. The second kappa shape index (κ2) is 9.17. The van der Waals surface area contributed by atoms with E-state index in [9.17, 15) is 13.2 Å². The van der Waals surface area contributed by atoms with Gasteiger partial charge in [-0.15, -0.1) is 0 Å². The fraction of sp³-hybridized carbons (Fsp3) is 0.650. The van der Waals surface area contributed by atoms with Crippen LogP contribution in [0.4, 0.5) is 0 Å². The summed E-state index contributed by atoms with van der Waals surface area (Å²) in [5.41, 5.74) is 3.63. The summed E-state index contributed by atoms with van der Waals surface area (Å²) in [6.45, 7) is 9.95. The van der Waals surface area contributed by atoms with Gasteiger partial charge < -0.3 is 10.6 Å². The number of piperidine rings is 1. The summed E-state index contributed by atoms with van der Waals surface area (Å²) in [5, 5.41) is 6.01. The molecular weight excluding hydrogens is 362 g/mol. The summed E-state index contributed by atoms with van der Waals surface area (Å²) in [4.78, 5) is 12.7. The highest BCUT2D eigenvalue weighted by atomic mass is 32.2. The standard InChI is InChI=1S/C20H33N3O3S/c1-14-13-15(2)17(4)19(16(14)3)27(25,26)23-11-7-18(8-12-23)20(24)22-10-6-9-21-5/h13,18,21H,6-12H2,1-5H3,(H,22,24). The van der Waals surface area contributed by atoms with Crippen molar-refractivity contribution in [2.45, 2.75) is 51.9 Å². The zero-order chi connectivity index (χ0) is 20.2. The summed E-state index contributed by atoms with van der Waals surface area (Å²) >= 11 is 0. The molecule has 2 N–H and O–H groups in total. The molecule has 7 heteroatoms. The van der Waals surface area contributed by atoms with E-state index in [1.807, 2.05) is 40.8 Å². The molecule has 1 saturated heterocycles. The Bertz CT molecular complexity index is 756. The lowest BCUT2D eigenvalue weighted by Crippen LogP contribution is -2.43. The van der Waals surface area contributed by atoms with Crippen LogP contribution in [0, 0.1) is 33.6 Å². The van der Waals surface area contributed by atoms with E-state index in [4.69, 9.17) is 0 Å². The molecule has 0 aliphatic carbocycles.